The molecule has 448 valence electrons. The van der Waals surface area contributed by atoms with Gasteiger partial charge < -0.3 is 102 Å². The van der Waals surface area contributed by atoms with Crippen LogP contribution in [0.15, 0.2) is 11.6 Å². The molecule has 4 saturated carbocycles. The van der Waals surface area contributed by atoms with E-state index < -0.39 is 175 Å². The van der Waals surface area contributed by atoms with Crippen LogP contribution in [0.5, 0.6) is 0 Å². The largest absolute Gasteiger partial charge is 0.462 e. The monoisotopic (exact) mass is 1120 g/mol. The number of fused-ring (bicyclic) bond motifs is 5. The van der Waals surface area contributed by atoms with Gasteiger partial charge in [0.2, 0.25) is 0 Å². The van der Waals surface area contributed by atoms with Crippen LogP contribution in [0, 0.1) is 22.7 Å². The molecule has 0 aromatic heterocycles. The Bertz CT molecular complexity index is 2100. The first-order chi connectivity index (χ1) is 36.7. The first-order valence-electron chi connectivity index (χ1n) is 28.0. The van der Waals surface area contributed by atoms with Gasteiger partial charge in [0.15, 0.2) is 25.2 Å². The second-order valence-corrected chi connectivity index (χ2v) is 24.1. The predicted octanol–water partition coefficient (Wildman–Crippen LogP) is 1.19. The highest BCUT2D eigenvalue weighted by Gasteiger charge is 2.82. The van der Waals surface area contributed by atoms with Crippen LogP contribution >= 0.6 is 0 Å². The van der Waals surface area contributed by atoms with E-state index in [2.05, 4.69) is 6.92 Å². The van der Waals surface area contributed by atoms with Gasteiger partial charge in [0.05, 0.1) is 54.2 Å². The molecule has 4 saturated heterocycles. The number of carbonyl (C=O) groups excluding carboxylic acids is 2. The highest BCUT2D eigenvalue weighted by Crippen LogP contribution is 2.72. The van der Waals surface area contributed by atoms with Crippen molar-refractivity contribution in [3.8, 4) is 0 Å². The molecule has 78 heavy (non-hydrogen) atoms. The molecule has 0 unspecified atom stereocenters. The van der Waals surface area contributed by atoms with Crippen molar-refractivity contribution in [1.29, 1.82) is 0 Å². The Kier molecular flexibility index (Phi) is 19.0. The Labute approximate surface area is 457 Å². The summed E-state index contributed by atoms with van der Waals surface area (Å²) in [6.45, 7) is 14.7. The van der Waals surface area contributed by atoms with Crippen molar-refractivity contribution in [2.75, 3.05) is 27.9 Å². The smallest absolute Gasteiger partial charge is 0.333 e. The van der Waals surface area contributed by atoms with E-state index in [0.29, 0.717) is 37.7 Å². The molecule has 4 heterocycles. The second kappa shape index (κ2) is 23.9. The lowest BCUT2D eigenvalue weighted by Gasteiger charge is -2.69. The molecule has 8 N–H and O–H groups in total. The maximum Gasteiger partial charge on any atom is 0.333 e. The summed E-state index contributed by atoms with van der Waals surface area (Å²) in [5.41, 5.74) is -7.15. The zero-order chi connectivity index (χ0) is 57.2. The van der Waals surface area contributed by atoms with Gasteiger partial charge in [-0.25, -0.2) is 4.79 Å². The Hall–Kier alpha value is -2.08. The standard InChI is InChI=1S/C55H90O23/c1-13-25(2)48(62)72-29(6)53(63)18-19-55(65)52(53,9)37(73-30(7)57)23-36-51(8)16-15-32(20-31(51)14-17-54(36,55)64)74-38-21-33(66-10)44(26(3)69-38)76-39-22-34(67-11)45(27(4)70-39)77-50-43(61)47(68-12)46(28(5)71-50)78-49-42(60)41(59)40(58)35(24-56)75-49/h13,26-29,31-47,49-50,56,58-61,63-65H,14-24H2,1-12H3/b25-13+/t26-,27-,28-,29+,31+,32+,33+,34-,35-,36-,37-,38+,39+,40-,41+,42-,43-,44-,45-,46-,47-,49+,50+,51+,52-,53-,54+,55-/m1/s1. The van der Waals surface area contributed by atoms with E-state index in [1.165, 1.54) is 21.1 Å². The molecule has 23 heteroatoms. The molecular weight excluding hydrogens is 1030 g/mol. The Morgan fingerprint density at radius 3 is 1.85 bits per heavy atom. The summed E-state index contributed by atoms with van der Waals surface area (Å²) in [7, 11) is 4.50. The first kappa shape index (κ1) is 62.0. The van der Waals surface area contributed by atoms with Crippen LogP contribution in [-0.4, -0.2) is 226 Å². The molecule has 0 spiro atoms. The Balaban J connectivity index is 0.871. The van der Waals surface area contributed by atoms with Gasteiger partial charge in [0, 0.05) is 46.7 Å². The van der Waals surface area contributed by atoms with Crippen molar-refractivity contribution in [3.05, 3.63) is 11.6 Å². The van der Waals surface area contributed by atoms with E-state index in [1.807, 2.05) is 6.92 Å². The summed E-state index contributed by atoms with van der Waals surface area (Å²) in [5.74, 6) is -1.63. The van der Waals surface area contributed by atoms with Crippen LogP contribution in [0.4, 0.5) is 0 Å². The molecular formula is C55H90O23. The van der Waals surface area contributed by atoms with Crippen LogP contribution in [0.2, 0.25) is 0 Å². The van der Waals surface area contributed by atoms with E-state index in [9.17, 15) is 50.4 Å². The quantitative estimate of drug-likeness (QED) is 0.0611. The lowest BCUT2D eigenvalue weighted by atomic mass is 9.40. The second-order valence-electron chi connectivity index (χ2n) is 24.1. The number of aliphatic hydroxyl groups is 8. The molecule has 0 radical (unpaired) electrons. The number of aliphatic hydroxyl groups excluding tert-OH is 5. The molecule has 4 aliphatic heterocycles. The van der Waals surface area contributed by atoms with E-state index in [4.69, 9.17) is 61.6 Å². The van der Waals surface area contributed by atoms with Gasteiger partial charge in [0.25, 0.3) is 0 Å². The molecule has 0 aromatic carbocycles. The molecule has 0 bridgehead atoms. The molecule has 23 nitrogen and oxygen atoms in total. The minimum absolute atomic E-state index is 0.00819. The summed E-state index contributed by atoms with van der Waals surface area (Å²) in [6, 6.07) is 0. The van der Waals surface area contributed by atoms with Crippen LogP contribution in [0.25, 0.3) is 0 Å². The summed E-state index contributed by atoms with van der Waals surface area (Å²) >= 11 is 0. The fourth-order valence-electron chi connectivity index (χ4n) is 15.3. The van der Waals surface area contributed by atoms with Gasteiger partial charge in [-0.15, -0.1) is 0 Å². The number of esters is 2. The van der Waals surface area contributed by atoms with E-state index in [0.717, 1.165) is 0 Å². The van der Waals surface area contributed by atoms with Gasteiger partial charge in [-0.1, -0.05) is 19.9 Å². The molecule has 8 aliphatic rings. The molecule has 8 rings (SSSR count). The third kappa shape index (κ3) is 10.7. The van der Waals surface area contributed by atoms with Gasteiger partial charge >= 0.3 is 11.9 Å². The SMILES string of the molecule is C/C=C(\C)C(=O)O[C@@H](C)[C@]1(O)CC[C@@]2(O)[C@]1(C)[C@H](OC(C)=O)C[C@@H]1[C@@]3(C)CC[C@H](O[C@H]4C[C@H](OC)[C@H](O[C@H]5C[C@@H](OC)[C@H](O[C@@H]6O[C@H](C)[C@@H](O[C@@H]7O[C@H](CO)[C@@H](O)[C@H](O)[C@H]7O)[C@H](OC)[C@H]6O)[C@@H](C)O5)[C@@H](C)O4)C[C@@H]3CC[C@]12O. The maximum absolute atomic E-state index is 13.1. The Morgan fingerprint density at radius 1 is 0.667 bits per heavy atom. The van der Waals surface area contributed by atoms with Crippen LogP contribution in [-0.2, 0) is 71.2 Å². The average molecular weight is 1120 g/mol. The lowest BCUT2D eigenvalue weighted by molar-refractivity contribution is -0.373. The number of hydrogen-bond donors (Lipinski definition) is 8. The molecule has 28 atom stereocenters. The van der Waals surface area contributed by atoms with Crippen molar-refractivity contribution in [2.45, 2.75) is 272 Å². The van der Waals surface area contributed by atoms with Crippen LogP contribution in [0.3, 0.4) is 0 Å². The molecule has 4 aliphatic carbocycles. The van der Waals surface area contributed by atoms with E-state index in [-0.39, 0.29) is 44.1 Å². The van der Waals surface area contributed by atoms with Crippen molar-refractivity contribution in [2.24, 2.45) is 22.7 Å². The van der Waals surface area contributed by atoms with Crippen molar-refractivity contribution in [3.63, 3.8) is 0 Å². The zero-order valence-corrected chi connectivity index (χ0v) is 47.3. The van der Waals surface area contributed by atoms with Gasteiger partial charge in [-0.2, -0.15) is 0 Å². The molecule has 8 fully saturated rings. The lowest BCUT2D eigenvalue weighted by Crippen LogP contribution is -2.79. The van der Waals surface area contributed by atoms with Crippen LogP contribution in [0.1, 0.15) is 127 Å². The van der Waals surface area contributed by atoms with Crippen molar-refractivity contribution < 1.29 is 112 Å². The van der Waals surface area contributed by atoms with Gasteiger partial charge in [-0.05, 0) is 110 Å². The number of allylic oxidation sites excluding steroid dienone is 1. The Morgan fingerprint density at radius 2 is 1.26 bits per heavy atom. The average Bonchev–Trinajstić information content (AvgIpc) is 3.40. The topological polar surface area (TPSA) is 316 Å². The molecule has 0 amide bonds. The highest BCUT2D eigenvalue weighted by atomic mass is 16.8. The normalized spacial score (nSPS) is 51.2. The number of ether oxygens (including phenoxy) is 13. The third-order valence-electron chi connectivity index (χ3n) is 20.1. The number of methoxy groups -OCH3 is 3. The molecule has 0 aromatic rings. The van der Waals surface area contributed by atoms with Gasteiger partial charge in [-0.3, -0.25) is 4.79 Å². The summed E-state index contributed by atoms with van der Waals surface area (Å²) < 4.78 is 79.9. The zero-order valence-electron chi connectivity index (χ0n) is 47.3. The summed E-state index contributed by atoms with van der Waals surface area (Å²) in [5, 5.41) is 91.2. The minimum atomic E-state index is -1.90. The maximum atomic E-state index is 13.1. The fraction of sp³-hybridized carbons (Fsp3) is 0.927. The van der Waals surface area contributed by atoms with Gasteiger partial charge in [0.1, 0.15) is 78.3 Å². The van der Waals surface area contributed by atoms with E-state index in [1.54, 1.807) is 54.7 Å². The van der Waals surface area contributed by atoms with Crippen molar-refractivity contribution in [1.82, 2.24) is 0 Å². The minimum Gasteiger partial charge on any atom is -0.462 e. The highest BCUT2D eigenvalue weighted by molar-refractivity contribution is 5.87. The third-order valence-corrected chi connectivity index (χ3v) is 20.1. The van der Waals surface area contributed by atoms with Crippen molar-refractivity contribution >= 4 is 11.9 Å². The first-order valence-corrected chi connectivity index (χ1v) is 28.0. The number of hydrogen-bond acceptors (Lipinski definition) is 23. The summed E-state index contributed by atoms with van der Waals surface area (Å²) in [6.07, 6.45) is -15.4. The number of carbonyl (C=O) groups is 2. The number of rotatable bonds is 16. The van der Waals surface area contributed by atoms with Crippen LogP contribution < -0.4 is 0 Å². The summed E-state index contributed by atoms with van der Waals surface area (Å²) in [4.78, 5) is 25.8. The van der Waals surface area contributed by atoms with E-state index >= 15 is 0 Å². The fourth-order valence-corrected chi connectivity index (χ4v) is 15.3. The predicted molar refractivity (Wildman–Crippen MR) is 269 cm³/mol.